The lowest BCUT2D eigenvalue weighted by Crippen LogP contribution is -2.33. The van der Waals surface area contributed by atoms with Crippen molar-refractivity contribution in [1.82, 2.24) is 0 Å². The standard InChI is InChI=1S/C15H25NO2/c1-12-6-7-14(13(2)10-12)18-9-5-4-8-15(3,17)11-16/h6-7,10,17H,4-5,8-9,11,16H2,1-3H3. The first-order valence-corrected chi connectivity index (χ1v) is 6.57. The molecule has 0 radical (unpaired) electrons. The highest BCUT2D eigenvalue weighted by Gasteiger charge is 2.16. The second-order valence-corrected chi connectivity index (χ2v) is 5.28. The average Bonchev–Trinajstić information content (AvgIpc) is 2.31. The third-order valence-electron chi connectivity index (χ3n) is 3.14. The van der Waals surface area contributed by atoms with Gasteiger partial charge in [0.25, 0.3) is 0 Å². The monoisotopic (exact) mass is 251 g/mol. The zero-order chi connectivity index (χ0) is 13.6. The number of nitrogens with two attached hydrogens (primary N) is 1. The van der Waals surface area contributed by atoms with Gasteiger partial charge in [0.15, 0.2) is 0 Å². The fourth-order valence-corrected chi connectivity index (χ4v) is 1.85. The number of aliphatic hydroxyl groups is 1. The van der Waals surface area contributed by atoms with E-state index in [-0.39, 0.29) is 0 Å². The third kappa shape index (κ3) is 5.07. The Hall–Kier alpha value is -1.06. The van der Waals surface area contributed by atoms with Crippen molar-refractivity contribution in [2.75, 3.05) is 13.2 Å². The molecule has 0 aliphatic rings. The summed E-state index contributed by atoms with van der Waals surface area (Å²) >= 11 is 0. The van der Waals surface area contributed by atoms with E-state index in [1.807, 2.05) is 6.07 Å². The number of unbranched alkanes of at least 4 members (excludes halogenated alkanes) is 1. The summed E-state index contributed by atoms with van der Waals surface area (Å²) < 4.78 is 5.73. The van der Waals surface area contributed by atoms with Crippen LogP contribution in [0.15, 0.2) is 18.2 Å². The van der Waals surface area contributed by atoms with E-state index in [1.165, 1.54) is 11.1 Å². The van der Waals surface area contributed by atoms with Crippen LogP contribution in [0.1, 0.15) is 37.3 Å². The van der Waals surface area contributed by atoms with Crippen molar-refractivity contribution in [1.29, 1.82) is 0 Å². The summed E-state index contributed by atoms with van der Waals surface area (Å²) in [5.41, 5.74) is 7.15. The van der Waals surface area contributed by atoms with E-state index < -0.39 is 5.60 Å². The second-order valence-electron chi connectivity index (χ2n) is 5.28. The fourth-order valence-electron chi connectivity index (χ4n) is 1.85. The van der Waals surface area contributed by atoms with E-state index in [1.54, 1.807) is 6.92 Å². The van der Waals surface area contributed by atoms with Crippen molar-refractivity contribution in [2.24, 2.45) is 5.73 Å². The molecule has 3 heteroatoms. The summed E-state index contributed by atoms with van der Waals surface area (Å²) in [4.78, 5) is 0. The van der Waals surface area contributed by atoms with Crippen molar-refractivity contribution < 1.29 is 9.84 Å². The molecule has 1 aromatic carbocycles. The summed E-state index contributed by atoms with van der Waals surface area (Å²) in [6.07, 6.45) is 2.58. The molecule has 102 valence electrons. The van der Waals surface area contributed by atoms with Gasteiger partial charge in [-0.05, 0) is 51.7 Å². The second kappa shape index (κ2) is 6.76. The summed E-state index contributed by atoms with van der Waals surface area (Å²) in [7, 11) is 0. The van der Waals surface area contributed by atoms with Crippen molar-refractivity contribution in [2.45, 2.75) is 45.6 Å². The number of ether oxygens (including phenoxy) is 1. The molecule has 0 bridgehead atoms. The van der Waals surface area contributed by atoms with Gasteiger partial charge in [0.05, 0.1) is 12.2 Å². The highest BCUT2D eigenvalue weighted by Crippen LogP contribution is 2.19. The Bertz CT molecular complexity index is 375. The Morgan fingerprint density at radius 3 is 2.61 bits per heavy atom. The minimum absolute atomic E-state index is 0.310. The molecule has 3 nitrogen and oxygen atoms in total. The maximum Gasteiger partial charge on any atom is 0.122 e. The lowest BCUT2D eigenvalue weighted by molar-refractivity contribution is 0.0562. The van der Waals surface area contributed by atoms with E-state index in [2.05, 4.69) is 26.0 Å². The molecule has 0 saturated heterocycles. The van der Waals surface area contributed by atoms with Gasteiger partial charge in [0, 0.05) is 6.54 Å². The van der Waals surface area contributed by atoms with E-state index >= 15 is 0 Å². The molecule has 0 aliphatic carbocycles. The molecule has 0 fully saturated rings. The van der Waals surface area contributed by atoms with Gasteiger partial charge in [-0.3, -0.25) is 0 Å². The molecule has 1 atom stereocenters. The molecule has 0 saturated carbocycles. The molecule has 3 N–H and O–H groups in total. The van der Waals surface area contributed by atoms with Crippen molar-refractivity contribution >= 4 is 0 Å². The highest BCUT2D eigenvalue weighted by molar-refractivity contribution is 5.35. The molecule has 0 amide bonds. The largest absolute Gasteiger partial charge is 0.493 e. The molecule has 0 aliphatic heterocycles. The Balaban J connectivity index is 2.26. The van der Waals surface area contributed by atoms with Crippen LogP contribution in [0.25, 0.3) is 0 Å². The lowest BCUT2D eigenvalue weighted by Gasteiger charge is -2.20. The van der Waals surface area contributed by atoms with Gasteiger partial charge in [-0.15, -0.1) is 0 Å². The van der Waals surface area contributed by atoms with Crippen LogP contribution in [0.5, 0.6) is 5.75 Å². The minimum Gasteiger partial charge on any atom is -0.493 e. The van der Waals surface area contributed by atoms with Crippen LogP contribution in [-0.2, 0) is 0 Å². The maximum absolute atomic E-state index is 9.75. The molecule has 0 spiro atoms. The van der Waals surface area contributed by atoms with Gasteiger partial charge in [0.2, 0.25) is 0 Å². The molecular weight excluding hydrogens is 226 g/mol. The van der Waals surface area contributed by atoms with Crippen LogP contribution in [0.4, 0.5) is 0 Å². The number of benzene rings is 1. The third-order valence-corrected chi connectivity index (χ3v) is 3.14. The zero-order valence-electron chi connectivity index (χ0n) is 11.7. The molecule has 1 aromatic rings. The van der Waals surface area contributed by atoms with Crippen LogP contribution in [0, 0.1) is 13.8 Å². The summed E-state index contributed by atoms with van der Waals surface area (Å²) in [5.74, 6) is 0.950. The summed E-state index contributed by atoms with van der Waals surface area (Å²) in [6, 6.07) is 6.19. The van der Waals surface area contributed by atoms with Gasteiger partial charge in [-0.25, -0.2) is 0 Å². The maximum atomic E-state index is 9.75. The first-order valence-electron chi connectivity index (χ1n) is 6.57. The first kappa shape index (κ1) is 15.0. The minimum atomic E-state index is -0.736. The van der Waals surface area contributed by atoms with E-state index in [4.69, 9.17) is 10.5 Å². The Morgan fingerprint density at radius 2 is 2.00 bits per heavy atom. The predicted octanol–water partition coefficient (Wildman–Crippen LogP) is 2.56. The molecule has 1 unspecified atom stereocenters. The lowest BCUT2D eigenvalue weighted by atomic mass is 10.00. The summed E-state index contributed by atoms with van der Waals surface area (Å²) in [5, 5.41) is 9.75. The SMILES string of the molecule is Cc1ccc(OCCCCC(C)(O)CN)c(C)c1. The Kier molecular flexibility index (Phi) is 5.63. The molecule has 0 heterocycles. The molecular formula is C15H25NO2. The van der Waals surface area contributed by atoms with Crippen LogP contribution in [-0.4, -0.2) is 23.9 Å². The number of hydrogen-bond donors (Lipinski definition) is 2. The van der Waals surface area contributed by atoms with Gasteiger partial charge in [-0.1, -0.05) is 17.7 Å². The fraction of sp³-hybridized carbons (Fsp3) is 0.600. The van der Waals surface area contributed by atoms with Gasteiger partial charge in [-0.2, -0.15) is 0 Å². The average molecular weight is 251 g/mol. The predicted molar refractivity (Wildman–Crippen MR) is 74.9 cm³/mol. The smallest absolute Gasteiger partial charge is 0.122 e. The van der Waals surface area contributed by atoms with E-state index in [0.29, 0.717) is 13.2 Å². The molecule has 0 aromatic heterocycles. The van der Waals surface area contributed by atoms with Gasteiger partial charge >= 0.3 is 0 Å². The highest BCUT2D eigenvalue weighted by atomic mass is 16.5. The van der Waals surface area contributed by atoms with Crippen LogP contribution in [0.2, 0.25) is 0 Å². The van der Waals surface area contributed by atoms with Gasteiger partial charge in [0.1, 0.15) is 5.75 Å². The quantitative estimate of drug-likeness (QED) is 0.732. The Morgan fingerprint density at radius 1 is 1.28 bits per heavy atom. The first-order chi connectivity index (χ1) is 8.44. The van der Waals surface area contributed by atoms with Crippen molar-refractivity contribution in [3.63, 3.8) is 0 Å². The normalized spacial score (nSPS) is 14.3. The van der Waals surface area contributed by atoms with Crippen LogP contribution >= 0.6 is 0 Å². The zero-order valence-corrected chi connectivity index (χ0v) is 11.7. The summed E-state index contributed by atoms with van der Waals surface area (Å²) in [6.45, 7) is 6.90. The van der Waals surface area contributed by atoms with Gasteiger partial charge < -0.3 is 15.6 Å². The number of rotatable bonds is 7. The Labute approximate surface area is 110 Å². The van der Waals surface area contributed by atoms with Crippen LogP contribution in [0.3, 0.4) is 0 Å². The van der Waals surface area contributed by atoms with E-state index in [0.717, 1.165) is 25.0 Å². The number of hydrogen-bond acceptors (Lipinski definition) is 3. The molecule has 1 rings (SSSR count). The van der Waals surface area contributed by atoms with Crippen LogP contribution < -0.4 is 10.5 Å². The molecule has 18 heavy (non-hydrogen) atoms. The topological polar surface area (TPSA) is 55.5 Å². The van der Waals surface area contributed by atoms with E-state index in [9.17, 15) is 5.11 Å². The van der Waals surface area contributed by atoms with Crippen molar-refractivity contribution in [3.05, 3.63) is 29.3 Å². The number of aryl methyl sites for hydroxylation is 2. The van der Waals surface area contributed by atoms with Crippen molar-refractivity contribution in [3.8, 4) is 5.75 Å².